The number of nitrogens with zero attached hydrogens (tertiary/aromatic N) is 2. The molecule has 4 nitrogen and oxygen atoms in total. The van der Waals surface area contributed by atoms with Gasteiger partial charge in [-0.15, -0.1) is 6.42 Å². The van der Waals surface area contributed by atoms with Crippen molar-refractivity contribution in [1.29, 1.82) is 0 Å². The fraction of sp³-hybridized carbons (Fsp3) is 0.200. The molecule has 3 rings (SSSR count). The monoisotopic (exact) mass is 251 g/mol. The first-order chi connectivity index (χ1) is 9.31. The van der Waals surface area contributed by atoms with E-state index in [-0.39, 0.29) is 0 Å². The molecule has 94 valence electrons. The maximum Gasteiger partial charge on any atom is 0.213 e. The van der Waals surface area contributed by atoms with E-state index >= 15 is 0 Å². The molecule has 0 aromatic carbocycles. The zero-order valence-corrected chi connectivity index (χ0v) is 10.6. The minimum atomic E-state index is 0.626. The summed E-state index contributed by atoms with van der Waals surface area (Å²) in [6.45, 7) is 2.72. The van der Waals surface area contributed by atoms with Crippen LogP contribution in [0.25, 0.3) is 21.9 Å². The van der Waals surface area contributed by atoms with Crippen LogP contribution in [-0.4, -0.2) is 21.6 Å². The molecule has 0 aliphatic heterocycles. The number of nitrogens with one attached hydrogen (secondary N) is 1. The highest BCUT2D eigenvalue weighted by molar-refractivity contribution is 6.06. The number of hydrogen-bond donors (Lipinski definition) is 1. The number of aromatic amines is 1. The van der Waals surface area contributed by atoms with Crippen molar-refractivity contribution in [2.75, 3.05) is 6.61 Å². The molecular weight excluding hydrogens is 238 g/mol. The van der Waals surface area contributed by atoms with E-state index in [4.69, 9.17) is 11.2 Å². The fourth-order valence-electron chi connectivity index (χ4n) is 2.02. The van der Waals surface area contributed by atoms with Crippen molar-refractivity contribution in [3.63, 3.8) is 0 Å². The van der Waals surface area contributed by atoms with Crippen molar-refractivity contribution in [3.8, 4) is 18.2 Å². The molecule has 0 amide bonds. The van der Waals surface area contributed by atoms with Crippen molar-refractivity contribution < 1.29 is 4.74 Å². The Kier molecular flexibility index (Phi) is 2.81. The van der Waals surface area contributed by atoms with Gasteiger partial charge >= 0.3 is 0 Å². The molecule has 0 aliphatic rings. The molecule has 0 spiro atoms. The number of H-pyrrole nitrogens is 1. The van der Waals surface area contributed by atoms with Crippen LogP contribution in [0.1, 0.15) is 18.9 Å². The number of hydrogen-bond acceptors (Lipinski definition) is 3. The standard InChI is InChI=1S/C15H13N3O/c1-3-5-19-14-7-11-12-6-10(4-2)8-17-15(12)18-13(11)9-16-14/h2,6-9H,3,5H2,1H3,(H,17,18). The number of ether oxygens (including phenoxy) is 1. The van der Waals surface area contributed by atoms with E-state index in [0.29, 0.717) is 12.5 Å². The van der Waals surface area contributed by atoms with Crippen molar-refractivity contribution in [1.82, 2.24) is 15.0 Å². The summed E-state index contributed by atoms with van der Waals surface area (Å²) in [5.41, 5.74) is 2.50. The van der Waals surface area contributed by atoms with Gasteiger partial charge in [-0.05, 0) is 12.5 Å². The smallest absolute Gasteiger partial charge is 0.213 e. The van der Waals surface area contributed by atoms with Crippen molar-refractivity contribution in [3.05, 3.63) is 30.1 Å². The number of pyridine rings is 2. The van der Waals surface area contributed by atoms with Crippen LogP contribution < -0.4 is 4.74 Å². The molecule has 1 N–H and O–H groups in total. The lowest BCUT2D eigenvalue weighted by atomic mass is 10.2. The zero-order chi connectivity index (χ0) is 13.2. The molecule has 19 heavy (non-hydrogen) atoms. The van der Waals surface area contributed by atoms with Gasteiger partial charge in [-0.3, -0.25) is 0 Å². The summed E-state index contributed by atoms with van der Waals surface area (Å²) in [6, 6.07) is 3.87. The largest absolute Gasteiger partial charge is 0.478 e. The van der Waals surface area contributed by atoms with Crippen LogP contribution in [0.15, 0.2) is 24.5 Å². The summed E-state index contributed by atoms with van der Waals surface area (Å²) in [6.07, 6.45) is 9.81. The second-order valence-corrected chi connectivity index (χ2v) is 4.31. The van der Waals surface area contributed by atoms with E-state index < -0.39 is 0 Å². The van der Waals surface area contributed by atoms with Crippen molar-refractivity contribution in [2.45, 2.75) is 13.3 Å². The second kappa shape index (κ2) is 4.62. The Morgan fingerprint density at radius 3 is 2.95 bits per heavy atom. The first kappa shape index (κ1) is 11.5. The third kappa shape index (κ3) is 2.00. The van der Waals surface area contributed by atoms with E-state index in [0.717, 1.165) is 33.9 Å². The zero-order valence-electron chi connectivity index (χ0n) is 10.6. The minimum absolute atomic E-state index is 0.626. The summed E-state index contributed by atoms with van der Waals surface area (Å²) in [5.74, 6) is 3.23. The molecule has 0 atom stereocenters. The SMILES string of the molecule is C#Cc1cnc2[nH]c3cnc(OCCC)cc3c2c1. The number of terminal acetylenes is 1. The molecule has 0 aliphatic carbocycles. The summed E-state index contributed by atoms with van der Waals surface area (Å²) < 4.78 is 5.55. The summed E-state index contributed by atoms with van der Waals surface area (Å²) in [7, 11) is 0. The topological polar surface area (TPSA) is 50.8 Å². The highest BCUT2D eigenvalue weighted by Crippen LogP contribution is 2.26. The summed E-state index contributed by atoms with van der Waals surface area (Å²) in [4.78, 5) is 11.8. The number of aromatic nitrogens is 3. The Balaban J connectivity index is 2.19. The lowest BCUT2D eigenvalue weighted by molar-refractivity contribution is 0.306. The van der Waals surface area contributed by atoms with Crippen LogP contribution in [0.4, 0.5) is 0 Å². The molecule has 4 heteroatoms. The normalized spacial score (nSPS) is 10.7. The van der Waals surface area contributed by atoms with E-state index in [1.54, 1.807) is 12.4 Å². The predicted molar refractivity (Wildman–Crippen MR) is 75.1 cm³/mol. The molecule has 0 fully saturated rings. The maximum atomic E-state index is 5.55. The third-order valence-electron chi connectivity index (χ3n) is 2.93. The highest BCUT2D eigenvalue weighted by Gasteiger charge is 2.08. The fourth-order valence-corrected chi connectivity index (χ4v) is 2.02. The second-order valence-electron chi connectivity index (χ2n) is 4.31. The molecule has 3 aromatic heterocycles. The van der Waals surface area contributed by atoms with Crippen LogP contribution in [0.5, 0.6) is 5.88 Å². The first-order valence-corrected chi connectivity index (χ1v) is 6.18. The first-order valence-electron chi connectivity index (χ1n) is 6.18. The average Bonchev–Trinajstić information content (AvgIpc) is 2.82. The van der Waals surface area contributed by atoms with Gasteiger partial charge in [-0.25, -0.2) is 9.97 Å². The lowest BCUT2D eigenvalue weighted by Crippen LogP contribution is -1.96. The average molecular weight is 251 g/mol. The molecule has 0 unspecified atom stereocenters. The van der Waals surface area contributed by atoms with Crippen LogP contribution in [-0.2, 0) is 0 Å². The van der Waals surface area contributed by atoms with Gasteiger partial charge < -0.3 is 9.72 Å². The summed E-state index contributed by atoms with van der Waals surface area (Å²) >= 11 is 0. The van der Waals surface area contributed by atoms with Gasteiger partial charge in [0, 0.05) is 28.6 Å². The Morgan fingerprint density at radius 2 is 2.16 bits per heavy atom. The lowest BCUT2D eigenvalue weighted by Gasteiger charge is -2.02. The summed E-state index contributed by atoms with van der Waals surface area (Å²) in [5, 5.41) is 2.02. The molecule has 0 radical (unpaired) electrons. The maximum absolute atomic E-state index is 5.55. The van der Waals surface area contributed by atoms with Crippen molar-refractivity contribution >= 4 is 21.9 Å². The van der Waals surface area contributed by atoms with Gasteiger partial charge in [0.2, 0.25) is 5.88 Å². The Labute approximate surface area is 110 Å². The Hall–Kier alpha value is -2.54. The molecule has 0 saturated heterocycles. The molecule has 0 bridgehead atoms. The van der Waals surface area contributed by atoms with Crippen molar-refractivity contribution in [2.24, 2.45) is 0 Å². The highest BCUT2D eigenvalue weighted by atomic mass is 16.5. The van der Waals surface area contributed by atoms with E-state index in [2.05, 4.69) is 27.8 Å². The van der Waals surface area contributed by atoms with Gasteiger partial charge in [0.25, 0.3) is 0 Å². The Morgan fingerprint density at radius 1 is 1.26 bits per heavy atom. The minimum Gasteiger partial charge on any atom is -0.478 e. The van der Waals surface area contributed by atoms with E-state index in [9.17, 15) is 0 Å². The van der Waals surface area contributed by atoms with E-state index in [1.165, 1.54) is 0 Å². The van der Waals surface area contributed by atoms with Gasteiger partial charge in [0.1, 0.15) is 5.65 Å². The van der Waals surface area contributed by atoms with Crippen LogP contribution in [0.3, 0.4) is 0 Å². The van der Waals surface area contributed by atoms with Gasteiger partial charge in [-0.2, -0.15) is 0 Å². The van der Waals surface area contributed by atoms with Gasteiger partial charge in [-0.1, -0.05) is 12.8 Å². The predicted octanol–water partition coefficient (Wildman–Crippen LogP) is 2.88. The van der Waals surface area contributed by atoms with Gasteiger partial charge in [0.05, 0.1) is 18.3 Å². The molecule has 0 saturated carbocycles. The third-order valence-corrected chi connectivity index (χ3v) is 2.93. The number of rotatable bonds is 3. The Bertz CT molecular complexity index is 783. The molecular formula is C15H13N3O. The van der Waals surface area contributed by atoms with Crippen LogP contribution in [0.2, 0.25) is 0 Å². The van der Waals surface area contributed by atoms with E-state index in [1.807, 2.05) is 12.1 Å². The van der Waals surface area contributed by atoms with Crippen LogP contribution in [0, 0.1) is 12.3 Å². The number of fused-ring (bicyclic) bond motifs is 3. The van der Waals surface area contributed by atoms with Crippen LogP contribution >= 0.6 is 0 Å². The molecule has 3 aromatic rings. The quantitative estimate of drug-likeness (QED) is 0.728. The van der Waals surface area contributed by atoms with Gasteiger partial charge in [0.15, 0.2) is 0 Å². The molecule has 3 heterocycles.